The summed E-state index contributed by atoms with van der Waals surface area (Å²) in [5.41, 5.74) is 0. The summed E-state index contributed by atoms with van der Waals surface area (Å²) in [4.78, 5) is 38.2. The molecule has 76 heavy (non-hydrogen) atoms. The highest BCUT2D eigenvalue weighted by Gasteiger charge is 2.19. The summed E-state index contributed by atoms with van der Waals surface area (Å²) in [6, 6.07) is 0. The third-order valence-corrected chi connectivity index (χ3v) is 15.7. The van der Waals surface area contributed by atoms with Gasteiger partial charge in [-0.05, 0) is 70.6 Å². The van der Waals surface area contributed by atoms with E-state index in [0.717, 1.165) is 70.6 Å². The predicted molar refractivity (Wildman–Crippen MR) is 330 cm³/mol. The summed E-state index contributed by atoms with van der Waals surface area (Å²) in [5, 5.41) is 0. The topological polar surface area (TPSA) is 78.9 Å². The Kier molecular flexibility index (Phi) is 63.6. The highest BCUT2D eigenvalue weighted by atomic mass is 16.6. The molecule has 0 amide bonds. The van der Waals surface area contributed by atoms with Gasteiger partial charge in [0.05, 0.1) is 0 Å². The molecule has 0 radical (unpaired) electrons. The number of ether oxygens (including phenoxy) is 3. The normalized spacial score (nSPS) is 12.1. The molecule has 0 bridgehead atoms. The Balaban J connectivity index is 4.01. The van der Waals surface area contributed by atoms with Crippen LogP contribution in [0.5, 0.6) is 0 Å². The molecule has 1 atom stereocenters. The van der Waals surface area contributed by atoms with Gasteiger partial charge in [-0.15, -0.1) is 0 Å². The van der Waals surface area contributed by atoms with Crippen LogP contribution < -0.4 is 0 Å². The first-order valence-electron chi connectivity index (χ1n) is 34.3. The Morgan fingerprint density at radius 3 is 0.697 bits per heavy atom. The number of hydrogen-bond acceptors (Lipinski definition) is 6. The third kappa shape index (κ3) is 62.7. The summed E-state index contributed by atoms with van der Waals surface area (Å²) in [5.74, 6) is -0.868. The highest BCUT2D eigenvalue weighted by Crippen LogP contribution is 2.19. The van der Waals surface area contributed by atoms with Crippen molar-refractivity contribution >= 4 is 17.9 Å². The van der Waals surface area contributed by atoms with Crippen molar-refractivity contribution in [2.75, 3.05) is 13.2 Å². The first-order chi connectivity index (χ1) is 37.5. The average molecular weight is 1070 g/mol. The summed E-state index contributed by atoms with van der Waals surface area (Å²) in [6.45, 7) is 6.65. The quantitative estimate of drug-likeness (QED) is 0.0261. The van der Waals surface area contributed by atoms with Crippen molar-refractivity contribution in [2.24, 2.45) is 0 Å². The number of unbranched alkanes of at least 4 members (excludes halogenated alkanes) is 49. The minimum absolute atomic E-state index is 0.0727. The predicted octanol–water partition coefficient (Wildman–Crippen LogP) is 23.4. The molecule has 6 heteroatoms. The Morgan fingerprint density at radius 1 is 0.250 bits per heavy atom. The molecule has 0 aromatic rings. The second kappa shape index (κ2) is 65.4. The lowest BCUT2D eigenvalue weighted by Gasteiger charge is -2.18. The van der Waals surface area contributed by atoms with E-state index < -0.39 is 6.10 Å². The van der Waals surface area contributed by atoms with Gasteiger partial charge in [-0.3, -0.25) is 14.4 Å². The van der Waals surface area contributed by atoms with E-state index in [1.807, 2.05) is 0 Å². The number of esters is 3. The zero-order valence-corrected chi connectivity index (χ0v) is 51.6. The minimum Gasteiger partial charge on any atom is -0.462 e. The Hall–Kier alpha value is -2.11. The number of carbonyl (C=O) groups excluding carboxylic acids is 3. The zero-order chi connectivity index (χ0) is 55.0. The first-order valence-corrected chi connectivity index (χ1v) is 34.3. The molecule has 1 unspecified atom stereocenters. The Morgan fingerprint density at radius 2 is 0.434 bits per heavy atom. The van der Waals surface area contributed by atoms with E-state index in [4.69, 9.17) is 14.2 Å². The van der Waals surface area contributed by atoms with Crippen LogP contribution in [0.25, 0.3) is 0 Å². The van der Waals surface area contributed by atoms with Crippen LogP contribution in [0.4, 0.5) is 0 Å². The maximum absolute atomic E-state index is 12.8. The van der Waals surface area contributed by atoms with Crippen molar-refractivity contribution in [3.63, 3.8) is 0 Å². The van der Waals surface area contributed by atoms with Crippen molar-refractivity contribution in [1.82, 2.24) is 0 Å². The fourth-order valence-corrected chi connectivity index (χ4v) is 10.5. The van der Waals surface area contributed by atoms with Crippen LogP contribution in [0, 0.1) is 0 Å². The van der Waals surface area contributed by atoms with E-state index in [0.29, 0.717) is 19.3 Å². The second-order valence-corrected chi connectivity index (χ2v) is 23.4. The van der Waals surface area contributed by atoms with Crippen LogP contribution >= 0.6 is 0 Å². The number of hydrogen-bond donors (Lipinski definition) is 0. The molecule has 0 saturated carbocycles. The van der Waals surface area contributed by atoms with Crippen molar-refractivity contribution in [1.29, 1.82) is 0 Å². The standard InChI is InChI=1S/C70H132O6/c1-4-7-10-13-16-19-22-25-26-27-28-29-30-31-32-33-34-35-36-37-38-39-40-41-42-43-44-46-48-51-54-57-60-63-69(72)75-66-67(65-74-68(71)62-59-56-53-50-47-24-21-18-15-12-9-6-3)76-70(73)64-61-58-55-52-49-45-23-20-17-14-11-8-5-2/h18,20-21,23,67H,4-17,19,22,24-66H2,1-3H3/b21-18-,23-20-. The summed E-state index contributed by atoms with van der Waals surface area (Å²) >= 11 is 0. The zero-order valence-electron chi connectivity index (χ0n) is 51.6. The smallest absolute Gasteiger partial charge is 0.306 e. The van der Waals surface area contributed by atoms with Crippen LogP contribution in [0.1, 0.15) is 387 Å². The van der Waals surface area contributed by atoms with Gasteiger partial charge in [0, 0.05) is 19.3 Å². The van der Waals surface area contributed by atoms with Gasteiger partial charge < -0.3 is 14.2 Å². The summed E-state index contributed by atoms with van der Waals surface area (Å²) in [7, 11) is 0. The molecule has 0 rings (SSSR count). The monoisotopic (exact) mass is 1070 g/mol. The fraction of sp³-hybridized carbons (Fsp3) is 0.900. The fourth-order valence-electron chi connectivity index (χ4n) is 10.5. The van der Waals surface area contributed by atoms with E-state index in [9.17, 15) is 14.4 Å². The first kappa shape index (κ1) is 73.9. The molecule has 0 heterocycles. The number of carbonyl (C=O) groups is 3. The Bertz CT molecular complexity index is 1230. The Labute approximate surface area is 474 Å². The molecule has 0 saturated heterocycles. The van der Waals surface area contributed by atoms with Crippen molar-refractivity contribution in [3.8, 4) is 0 Å². The lowest BCUT2D eigenvalue weighted by Crippen LogP contribution is -2.30. The van der Waals surface area contributed by atoms with Gasteiger partial charge >= 0.3 is 17.9 Å². The van der Waals surface area contributed by atoms with Gasteiger partial charge in [0.2, 0.25) is 0 Å². The molecule has 0 aromatic heterocycles. The van der Waals surface area contributed by atoms with Crippen LogP contribution in [-0.4, -0.2) is 37.2 Å². The van der Waals surface area contributed by atoms with Gasteiger partial charge in [-0.25, -0.2) is 0 Å². The molecule has 0 aliphatic heterocycles. The molecule has 0 fully saturated rings. The second-order valence-electron chi connectivity index (χ2n) is 23.4. The maximum atomic E-state index is 12.8. The van der Waals surface area contributed by atoms with Crippen LogP contribution in [0.3, 0.4) is 0 Å². The number of allylic oxidation sites excluding steroid dienone is 4. The highest BCUT2D eigenvalue weighted by molar-refractivity contribution is 5.71. The van der Waals surface area contributed by atoms with E-state index in [1.54, 1.807) is 0 Å². The van der Waals surface area contributed by atoms with Gasteiger partial charge in [0.1, 0.15) is 13.2 Å². The van der Waals surface area contributed by atoms with Crippen molar-refractivity contribution in [3.05, 3.63) is 24.3 Å². The largest absolute Gasteiger partial charge is 0.462 e. The number of rotatable bonds is 64. The van der Waals surface area contributed by atoms with Gasteiger partial charge in [-0.2, -0.15) is 0 Å². The molecule has 0 aliphatic carbocycles. The van der Waals surface area contributed by atoms with Crippen LogP contribution in [-0.2, 0) is 28.6 Å². The van der Waals surface area contributed by atoms with Gasteiger partial charge in [0.25, 0.3) is 0 Å². The molecular formula is C70H132O6. The molecule has 0 aliphatic rings. The van der Waals surface area contributed by atoms with Crippen molar-refractivity contribution in [2.45, 2.75) is 393 Å². The molecule has 0 N–H and O–H groups in total. The van der Waals surface area contributed by atoms with E-state index in [-0.39, 0.29) is 31.1 Å². The average Bonchev–Trinajstić information content (AvgIpc) is 3.42. The molecule has 448 valence electrons. The summed E-state index contributed by atoms with van der Waals surface area (Å²) < 4.78 is 16.9. The van der Waals surface area contributed by atoms with Crippen LogP contribution in [0.15, 0.2) is 24.3 Å². The van der Waals surface area contributed by atoms with E-state index in [2.05, 4.69) is 45.1 Å². The summed E-state index contributed by atoms with van der Waals surface area (Å²) in [6.07, 6.45) is 79.5. The lowest BCUT2D eigenvalue weighted by molar-refractivity contribution is -0.167. The third-order valence-electron chi connectivity index (χ3n) is 15.7. The van der Waals surface area contributed by atoms with E-state index >= 15 is 0 Å². The van der Waals surface area contributed by atoms with Gasteiger partial charge in [0.15, 0.2) is 6.10 Å². The molecule has 6 nitrogen and oxygen atoms in total. The van der Waals surface area contributed by atoms with E-state index in [1.165, 1.54) is 276 Å². The van der Waals surface area contributed by atoms with Crippen molar-refractivity contribution < 1.29 is 28.6 Å². The lowest BCUT2D eigenvalue weighted by atomic mass is 10.0. The minimum atomic E-state index is -0.776. The molecular weight excluding hydrogens is 937 g/mol. The van der Waals surface area contributed by atoms with Crippen LogP contribution in [0.2, 0.25) is 0 Å². The maximum Gasteiger partial charge on any atom is 0.306 e. The molecule has 0 spiro atoms. The SMILES string of the molecule is CCCCC/C=C\CCCCCCCC(=O)OCC(COC(=O)CCCCCCCCCCCCCCCCCCCCCCCCCCCCCCCCCCC)OC(=O)CCCCCCC/C=C\CCCCCC. The van der Waals surface area contributed by atoms with Gasteiger partial charge in [-0.1, -0.05) is 321 Å². The molecule has 0 aromatic carbocycles.